The molecule has 1 aromatic carbocycles. The molecule has 19 heavy (non-hydrogen) atoms. The van der Waals surface area contributed by atoms with E-state index >= 15 is 0 Å². The van der Waals surface area contributed by atoms with Gasteiger partial charge in [0.05, 0.1) is 7.11 Å². The highest BCUT2D eigenvalue weighted by Gasteiger charge is 2.36. The Morgan fingerprint density at radius 1 is 1.63 bits per heavy atom. The Bertz CT molecular complexity index is 545. The van der Waals surface area contributed by atoms with Crippen LogP contribution in [0, 0.1) is 11.2 Å². The van der Waals surface area contributed by atoms with Crippen molar-refractivity contribution in [2.24, 2.45) is 0 Å². The minimum Gasteiger partial charge on any atom is -0.494 e. The van der Waals surface area contributed by atoms with Gasteiger partial charge in [-0.2, -0.15) is 0 Å². The number of carbonyl (C=O) groups excluding carboxylic acids is 1. The number of nitrogens with one attached hydrogen (secondary N) is 2. The summed E-state index contributed by atoms with van der Waals surface area (Å²) >= 11 is 0. The number of halogens is 1. The first kappa shape index (κ1) is 13.1. The number of carbonyl (C=O) groups is 1. The fraction of sp³-hybridized carbons (Fsp3) is 0.231. The van der Waals surface area contributed by atoms with Crippen molar-refractivity contribution in [3.05, 3.63) is 42.2 Å². The van der Waals surface area contributed by atoms with Crippen LogP contribution < -0.4 is 10.1 Å². The number of hydrogen-bond acceptors (Lipinski definition) is 3. The summed E-state index contributed by atoms with van der Waals surface area (Å²) in [5.41, 5.74) is 0.517. The van der Waals surface area contributed by atoms with Gasteiger partial charge in [0, 0.05) is 6.54 Å². The monoisotopic (exact) mass is 263 g/mol. The van der Waals surface area contributed by atoms with E-state index < -0.39 is 11.9 Å². The summed E-state index contributed by atoms with van der Waals surface area (Å²) in [5, 5.41) is 10.2. The van der Waals surface area contributed by atoms with Gasteiger partial charge in [0.2, 0.25) is 0 Å². The molecule has 6 heteroatoms. The molecule has 0 bridgehead atoms. The Labute approximate surface area is 110 Å². The first-order chi connectivity index (χ1) is 9.08. The van der Waals surface area contributed by atoms with Crippen molar-refractivity contribution in [3.63, 3.8) is 0 Å². The van der Waals surface area contributed by atoms with Crippen LogP contribution in [-0.4, -0.2) is 30.4 Å². The minimum atomic E-state index is -0.620. The molecule has 1 heterocycles. The normalized spacial score (nSPS) is 18.4. The van der Waals surface area contributed by atoms with Crippen molar-refractivity contribution in [2.75, 3.05) is 13.7 Å². The lowest BCUT2D eigenvalue weighted by molar-refractivity contribution is 0.211. The largest absolute Gasteiger partial charge is 0.494 e. The second-order valence-electron chi connectivity index (χ2n) is 4.08. The Morgan fingerprint density at radius 2 is 2.37 bits per heavy atom. The van der Waals surface area contributed by atoms with E-state index in [9.17, 15) is 9.18 Å². The summed E-state index contributed by atoms with van der Waals surface area (Å²) in [6.45, 7) is 3.85. The number of ether oxygens (including phenoxy) is 1. The van der Waals surface area contributed by atoms with E-state index in [0.29, 0.717) is 5.56 Å². The predicted octanol–water partition coefficient (Wildman–Crippen LogP) is 2.06. The average molecular weight is 263 g/mol. The molecular weight excluding hydrogens is 249 g/mol. The minimum absolute atomic E-state index is 0.0245. The van der Waals surface area contributed by atoms with E-state index in [2.05, 4.69) is 11.9 Å². The van der Waals surface area contributed by atoms with Crippen molar-refractivity contribution in [1.82, 2.24) is 10.2 Å². The number of urea groups is 1. The van der Waals surface area contributed by atoms with Gasteiger partial charge in [0.15, 0.2) is 11.6 Å². The summed E-state index contributed by atoms with van der Waals surface area (Å²) in [7, 11) is 1.38. The summed E-state index contributed by atoms with van der Waals surface area (Å²) in [6, 6.07) is 3.38. The fourth-order valence-electron chi connectivity index (χ4n) is 2.06. The summed E-state index contributed by atoms with van der Waals surface area (Å²) in [4.78, 5) is 13.1. The third-order valence-electron chi connectivity index (χ3n) is 2.90. The number of benzene rings is 1. The molecule has 0 spiro atoms. The first-order valence-electron chi connectivity index (χ1n) is 5.69. The average Bonchev–Trinajstić information content (AvgIpc) is 2.65. The Hall–Kier alpha value is -2.37. The van der Waals surface area contributed by atoms with E-state index in [1.807, 2.05) is 0 Å². The van der Waals surface area contributed by atoms with E-state index in [4.69, 9.17) is 10.1 Å². The van der Waals surface area contributed by atoms with Crippen LogP contribution in [0.3, 0.4) is 0 Å². The molecule has 100 valence electrons. The highest BCUT2D eigenvalue weighted by molar-refractivity contribution is 6.06. The quantitative estimate of drug-likeness (QED) is 0.817. The molecule has 1 unspecified atom stereocenters. The zero-order valence-corrected chi connectivity index (χ0v) is 10.4. The van der Waals surface area contributed by atoms with Crippen molar-refractivity contribution in [1.29, 1.82) is 5.41 Å². The number of nitrogens with zero attached hydrogens (tertiary/aromatic N) is 1. The molecule has 1 aliphatic heterocycles. The standard InChI is InChI=1S/C13H14FN3O2/c1-3-6-17-11(12(15)16-13(17)18)8-4-5-10(19-2)9(14)7-8/h3-5,7,11H,1,6H2,2H3,(H2,15,16,18). The van der Waals surface area contributed by atoms with Gasteiger partial charge in [0.25, 0.3) is 0 Å². The lowest BCUT2D eigenvalue weighted by Gasteiger charge is -2.21. The maximum absolute atomic E-state index is 13.7. The number of amidine groups is 1. The number of rotatable bonds is 4. The van der Waals surface area contributed by atoms with E-state index in [1.54, 1.807) is 12.1 Å². The van der Waals surface area contributed by atoms with Crippen molar-refractivity contribution >= 4 is 11.9 Å². The van der Waals surface area contributed by atoms with Gasteiger partial charge in [0.1, 0.15) is 11.9 Å². The van der Waals surface area contributed by atoms with Gasteiger partial charge in [-0.15, -0.1) is 6.58 Å². The van der Waals surface area contributed by atoms with Crippen LogP contribution in [0.1, 0.15) is 11.6 Å². The molecular formula is C13H14FN3O2. The molecule has 2 amide bonds. The zero-order chi connectivity index (χ0) is 14.0. The maximum atomic E-state index is 13.7. The number of methoxy groups -OCH3 is 1. The highest BCUT2D eigenvalue weighted by Crippen LogP contribution is 2.28. The third-order valence-corrected chi connectivity index (χ3v) is 2.90. The van der Waals surface area contributed by atoms with Gasteiger partial charge in [-0.3, -0.25) is 10.7 Å². The molecule has 1 atom stereocenters. The van der Waals surface area contributed by atoms with Gasteiger partial charge in [-0.25, -0.2) is 9.18 Å². The van der Waals surface area contributed by atoms with Crippen molar-refractivity contribution in [2.45, 2.75) is 6.04 Å². The number of amides is 2. The zero-order valence-electron chi connectivity index (χ0n) is 10.4. The van der Waals surface area contributed by atoms with Crippen LogP contribution in [0.2, 0.25) is 0 Å². The summed E-state index contributed by atoms with van der Waals surface area (Å²) in [5.74, 6) is -0.370. The molecule has 2 rings (SSSR count). The molecule has 1 aliphatic rings. The first-order valence-corrected chi connectivity index (χ1v) is 5.69. The molecule has 0 aliphatic carbocycles. The molecule has 1 saturated heterocycles. The van der Waals surface area contributed by atoms with Crippen LogP contribution in [0.25, 0.3) is 0 Å². The van der Waals surface area contributed by atoms with Gasteiger partial charge in [-0.1, -0.05) is 12.1 Å². The second kappa shape index (κ2) is 5.09. The lowest BCUT2D eigenvalue weighted by atomic mass is 10.1. The third kappa shape index (κ3) is 2.29. The molecule has 2 N–H and O–H groups in total. The Kier molecular flexibility index (Phi) is 3.50. The SMILES string of the molecule is C=CCN1C(=O)NC(=N)C1c1ccc(OC)c(F)c1. The van der Waals surface area contributed by atoms with Crippen molar-refractivity contribution < 1.29 is 13.9 Å². The number of hydrogen-bond donors (Lipinski definition) is 2. The molecule has 0 radical (unpaired) electrons. The summed E-state index contributed by atoms with van der Waals surface area (Å²) < 4.78 is 18.5. The smallest absolute Gasteiger partial charge is 0.323 e. The molecule has 0 aromatic heterocycles. The molecule has 0 saturated carbocycles. The maximum Gasteiger partial charge on any atom is 0.323 e. The highest BCUT2D eigenvalue weighted by atomic mass is 19.1. The molecule has 1 fully saturated rings. The van der Waals surface area contributed by atoms with Gasteiger partial charge in [-0.05, 0) is 17.7 Å². The van der Waals surface area contributed by atoms with Crippen LogP contribution >= 0.6 is 0 Å². The molecule has 1 aromatic rings. The second-order valence-corrected chi connectivity index (χ2v) is 4.08. The van der Waals surface area contributed by atoms with Crippen molar-refractivity contribution in [3.8, 4) is 5.75 Å². The Morgan fingerprint density at radius 3 is 2.95 bits per heavy atom. The van der Waals surface area contributed by atoms with Crippen LogP contribution in [0.15, 0.2) is 30.9 Å². The van der Waals surface area contributed by atoms with E-state index in [0.717, 1.165) is 0 Å². The van der Waals surface area contributed by atoms with Crippen LogP contribution in [0.5, 0.6) is 5.75 Å². The lowest BCUT2D eigenvalue weighted by Crippen LogP contribution is -2.29. The topological polar surface area (TPSA) is 65.4 Å². The Balaban J connectivity index is 2.38. The van der Waals surface area contributed by atoms with Gasteiger partial charge < -0.3 is 9.64 Å². The predicted molar refractivity (Wildman–Crippen MR) is 68.9 cm³/mol. The fourth-order valence-corrected chi connectivity index (χ4v) is 2.06. The van der Waals surface area contributed by atoms with Crippen LogP contribution in [-0.2, 0) is 0 Å². The summed E-state index contributed by atoms with van der Waals surface area (Å²) in [6.07, 6.45) is 1.56. The van der Waals surface area contributed by atoms with E-state index in [-0.39, 0.29) is 24.2 Å². The molecule has 5 nitrogen and oxygen atoms in total. The van der Waals surface area contributed by atoms with Gasteiger partial charge >= 0.3 is 6.03 Å². The van der Waals surface area contributed by atoms with E-state index in [1.165, 1.54) is 24.1 Å². The van der Waals surface area contributed by atoms with Crippen LogP contribution in [0.4, 0.5) is 9.18 Å².